The molecule has 0 aliphatic heterocycles. The zero-order valence-corrected chi connectivity index (χ0v) is 18.7. The standard InChI is InChI=1S/C28H42O/c1-3-5-21-9-11-23(12-10-21)24-13-15-25(16-14-24)26-17-18-28(27(19-26)6-4-2)29-20-22-7-8-22/h4,17-19,21-25H,2-3,5-16,20H2,1H3. The van der Waals surface area contributed by atoms with Gasteiger partial charge in [0.1, 0.15) is 5.75 Å². The number of rotatable bonds is 9. The lowest BCUT2D eigenvalue weighted by Gasteiger charge is -2.38. The van der Waals surface area contributed by atoms with Crippen molar-refractivity contribution >= 4 is 0 Å². The minimum Gasteiger partial charge on any atom is -0.493 e. The Morgan fingerprint density at radius 1 is 0.897 bits per heavy atom. The van der Waals surface area contributed by atoms with Crippen molar-refractivity contribution in [1.29, 1.82) is 0 Å². The van der Waals surface area contributed by atoms with Crippen LogP contribution in [0.5, 0.6) is 5.75 Å². The van der Waals surface area contributed by atoms with E-state index in [1.165, 1.54) is 82.6 Å². The first-order chi connectivity index (χ1) is 14.3. The molecule has 0 radical (unpaired) electrons. The van der Waals surface area contributed by atoms with E-state index in [1.54, 1.807) is 5.56 Å². The SMILES string of the molecule is C=CCc1cc(C2CCC(C3CCC(CCC)CC3)CC2)ccc1OCC1CC1. The Morgan fingerprint density at radius 3 is 2.17 bits per heavy atom. The quantitative estimate of drug-likeness (QED) is 0.385. The summed E-state index contributed by atoms with van der Waals surface area (Å²) in [5.74, 6) is 5.72. The van der Waals surface area contributed by atoms with E-state index in [1.807, 2.05) is 6.08 Å². The van der Waals surface area contributed by atoms with Gasteiger partial charge >= 0.3 is 0 Å². The van der Waals surface area contributed by atoms with Gasteiger partial charge in [-0.2, -0.15) is 0 Å². The summed E-state index contributed by atoms with van der Waals surface area (Å²) in [6, 6.07) is 7.04. The molecule has 29 heavy (non-hydrogen) atoms. The first-order valence-electron chi connectivity index (χ1n) is 12.6. The Hall–Kier alpha value is -1.24. The Morgan fingerprint density at radius 2 is 1.55 bits per heavy atom. The predicted molar refractivity (Wildman–Crippen MR) is 124 cm³/mol. The molecule has 0 bridgehead atoms. The normalized spacial score (nSPS) is 30.1. The average molecular weight is 395 g/mol. The molecule has 0 N–H and O–H groups in total. The Bertz CT molecular complexity index is 642. The highest BCUT2D eigenvalue weighted by Crippen LogP contribution is 2.45. The molecule has 3 fully saturated rings. The molecule has 0 amide bonds. The maximum Gasteiger partial charge on any atom is 0.122 e. The average Bonchev–Trinajstić information content (AvgIpc) is 3.59. The molecule has 1 nitrogen and oxygen atoms in total. The molecule has 1 heteroatoms. The minimum atomic E-state index is 0.753. The molecular weight excluding hydrogens is 352 g/mol. The predicted octanol–water partition coefficient (Wildman–Crippen LogP) is 8.08. The molecule has 160 valence electrons. The molecule has 1 aromatic carbocycles. The second-order valence-corrected chi connectivity index (χ2v) is 10.3. The third-order valence-corrected chi connectivity index (χ3v) is 8.12. The van der Waals surface area contributed by atoms with Gasteiger partial charge in [-0.05, 0) is 105 Å². The highest BCUT2D eigenvalue weighted by molar-refractivity contribution is 5.40. The number of hydrogen-bond donors (Lipinski definition) is 0. The molecule has 4 rings (SSSR count). The van der Waals surface area contributed by atoms with Gasteiger partial charge in [-0.15, -0.1) is 6.58 Å². The van der Waals surface area contributed by atoms with E-state index in [2.05, 4.69) is 31.7 Å². The zero-order chi connectivity index (χ0) is 20.1. The Kier molecular flexibility index (Phi) is 7.38. The van der Waals surface area contributed by atoms with Gasteiger partial charge in [0.25, 0.3) is 0 Å². The van der Waals surface area contributed by atoms with Crippen molar-refractivity contribution in [2.75, 3.05) is 6.61 Å². The van der Waals surface area contributed by atoms with E-state index in [4.69, 9.17) is 4.74 Å². The molecule has 0 saturated heterocycles. The van der Waals surface area contributed by atoms with Crippen LogP contribution in [-0.4, -0.2) is 6.61 Å². The third-order valence-electron chi connectivity index (χ3n) is 8.12. The minimum absolute atomic E-state index is 0.753. The first kappa shape index (κ1) is 21.0. The van der Waals surface area contributed by atoms with Crippen molar-refractivity contribution in [3.63, 3.8) is 0 Å². The fourth-order valence-corrected chi connectivity index (χ4v) is 6.08. The van der Waals surface area contributed by atoms with Crippen LogP contribution >= 0.6 is 0 Å². The van der Waals surface area contributed by atoms with Crippen molar-refractivity contribution in [3.8, 4) is 5.75 Å². The molecule has 3 saturated carbocycles. The fraction of sp³-hybridized carbons (Fsp3) is 0.714. The summed E-state index contributed by atoms with van der Waals surface area (Å²) in [6.07, 6.45) is 20.2. The summed E-state index contributed by atoms with van der Waals surface area (Å²) in [4.78, 5) is 0. The van der Waals surface area contributed by atoms with Crippen LogP contribution in [-0.2, 0) is 6.42 Å². The van der Waals surface area contributed by atoms with Crippen LogP contribution < -0.4 is 4.74 Å². The second kappa shape index (κ2) is 10.2. The number of benzene rings is 1. The molecule has 0 heterocycles. The smallest absolute Gasteiger partial charge is 0.122 e. The van der Waals surface area contributed by atoms with Crippen LogP contribution in [0.15, 0.2) is 30.9 Å². The third kappa shape index (κ3) is 5.68. The van der Waals surface area contributed by atoms with Crippen molar-refractivity contribution in [2.24, 2.45) is 23.7 Å². The van der Waals surface area contributed by atoms with Gasteiger partial charge in [0.15, 0.2) is 0 Å². The molecule has 1 aromatic rings. The highest BCUT2D eigenvalue weighted by atomic mass is 16.5. The van der Waals surface area contributed by atoms with Crippen LogP contribution in [0.25, 0.3) is 0 Å². The summed E-state index contributed by atoms with van der Waals surface area (Å²) in [6.45, 7) is 7.21. The maximum atomic E-state index is 6.13. The number of ether oxygens (including phenoxy) is 1. The van der Waals surface area contributed by atoms with Gasteiger partial charge in [-0.25, -0.2) is 0 Å². The maximum absolute atomic E-state index is 6.13. The van der Waals surface area contributed by atoms with Crippen LogP contribution in [0.4, 0.5) is 0 Å². The van der Waals surface area contributed by atoms with Gasteiger partial charge in [0, 0.05) is 0 Å². The summed E-state index contributed by atoms with van der Waals surface area (Å²) >= 11 is 0. The van der Waals surface area contributed by atoms with E-state index >= 15 is 0 Å². The van der Waals surface area contributed by atoms with Crippen LogP contribution in [0, 0.1) is 23.7 Å². The van der Waals surface area contributed by atoms with Gasteiger partial charge in [-0.3, -0.25) is 0 Å². The largest absolute Gasteiger partial charge is 0.493 e. The zero-order valence-electron chi connectivity index (χ0n) is 18.7. The molecule has 0 spiro atoms. The summed E-state index contributed by atoms with van der Waals surface area (Å²) in [5, 5.41) is 0. The highest BCUT2D eigenvalue weighted by Gasteiger charge is 2.31. The van der Waals surface area contributed by atoms with E-state index in [9.17, 15) is 0 Å². The van der Waals surface area contributed by atoms with Crippen molar-refractivity contribution in [1.82, 2.24) is 0 Å². The Balaban J connectivity index is 1.30. The van der Waals surface area contributed by atoms with Gasteiger partial charge in [0.2, 0.25) is 0 Å². The Labute approximate surface area is 179 Å². The van der Waals surface area contributed by atoms with Crippen molar-refractivity contribution in [3.05, 3.63) is 42.0 Å². The lowest BCUT2D eigenvalue weighted by molar-refractivity contribution is 0.156. The molecule has 0 atom stereocenters. The summed E-state index contributed by atoms with van der Waals surface area (Å²) in [5.41, 5.74) is 2.89. The van der Waals surface area contributed by atoms with E-state index < -0.39 is 0 Å². The van der Waals surface area contributed by atoms with Gasteiger partial charge in [-0.1, -0.05) is 50.8 Å². The molecule has 0 unspecified atom stereocenters. The first-order valence-corrected chi connectivity index (χ1v) is 12.6. The number of hydrogen-bond acceptors (Lipinski definition) is 1. The summed E-state index contributed by atoms with van der Waals surface area (Å²) in [7, 11) is 0. The van der Waals surface area contributed by atoms with E-state index in [-0.39, 0.29) is 0 Å². The van der Waals surface area contributed by atoms with E-state index in [0.717, 1.165) is 48.4 Å². The van der Waals surface area contributed by atoms with Crippen LogP contribution in [0.3, 0.4) is 0 Å². The van der Waals surface area contributed by atoms with Gasteiger partial charge in [0.05, 0.1) is 6.61 Å². The summed E-state index contributed by atoms with van der Waals surface area (Å²) < 4.78 is 6.13. The van der Waals surface area contributed by atoms with E-state index in [0.29, 0.717) is 0 Å². The fourth-order valence-electron chi connectivity index (χ4n) is 6.08. The molecule has 3 aliphatic rings. The lowest BCUT2D eigenvalue weighted by atomic mass is 9.68. The molecular formula is C28H42O. The second-order valence-electron chi connectivity index (χ2n) is 10.3. The van der Waals surface area contributed by atoms with Crippen molar-refractivity contribution < 1.29 is 4.74 Å². The lowest BCUT2D eigenvalue weighted by Crippen LogP contribution is -2.25. The molecule has 3 aliphatic carbocycles. The monoisotopic (exact) mass is 394 g/mol. The van der Waals surface area contributed by atoms with Crippen LogP contribution in [0.1, 0.15) is 101 Å². The molecule has 0 aromatic heterocycles. The van der Waals surface area contributed by atoms with Gasteiger partial charge < -0.3 is 4.74 Å². The number of allylic oxidation sites excluding steroid dienone is 1. The van der Waals surface area contributed by atoms with Crippen molar-refractivity contribution in [2.45, 2.75) is 96.3 Å². The topological polar surface area (TPSA) is 9.23 Å². The van der Waals surface area contributed by atoms with Crippen LogP contribution in [0.2, 0.25) is 0 Å².